The number of anilines is 1. The van der Waals surface area contributed by atoms with Crippen LogP contribution in [0.25, 0.3) is 0 Å². The molecule has 0 bridgehead atoms. The Labute approximate surface area is 97.1 Å². The molecule has 0 radical (unpaired) electrons. The number of aromatic nitrogens is 2. The van der Waals surface area contributed by atoms with Crippen LogP contribution in [0.2, 0.25) is 0 Å². The molecule has 1 aliphatic rings. The molecule has 1 aromatic rings. The number of carbonyl (C=O) groups is 1. The predicted octanol–water partition coefficient (Wildman–Crippen LogP) is -2.06. The molecule has 1 saturated heterocycles. The largest absolute Gasteiger partial charge is 0.388 e. The van der Waals surface area contributed by atoms with Gasteiger partial charge in [-0.15, -0.1) is 0 Å². The average molecular weight is 239 g/mol. The van der Waals surface area contributed by atoms with Crippen molar-refractivity contribution in [2.45, 2.75) is 12.2 Å². The van der Waals surface area contributed by atoms with E-state index in [0.717, 1.165) is 0 Å². The lowest BCUT2D eigenvalue weighted by Crippen LogP contribution is -2.30. The molecule has 8 heteroatoms. The smallest absolute Gasteiger partial charge is 0.274 e. The molecule has 8 nitrogen and oxygen atoms in total. The number of nitrogens with two attached hydrogens (primary N) is 1. The summed E-state index contributed by atoms with van der Waals surface area (Å²) in [6.07, 6.45) is 0.857. The first-order valence-corrected chi connectivity index (χ1v) is 5.06. The number of rotatable bonds is 2. The molecule has 0 spiro atoms. The third kappa shape index (κ3) is 2.33. The lowest BCUT2D eigenvalue weighted by Gasteiger charge is -2.14. The van der Waals surface area contributed by atoms with E-state index in [1.165, 1.54) is 17.3 Å². The summed E-state index contributed by atoms with van der Waals surface area (Å²) in [6.45, 7) is 0.171. The van der Waals surface area contributed by atoms with Crippen LogP contribution in [0.1, 0.15) is 10.5 Å². The SMILES string of the molecule is NNc1cncc(C(=O)N2CC(O)C(O)C2)n1. The van der Waals surface area contributed by atoms with E-state index in [0.29, 0.717) is 0 Å². The number of nitrogens with one attached hydrogen (secondary N) is 1. The van der Waals surface area contributed by atoms with Gasteiger partial charge in [-0.05, 0) is 0 Å². The van der Waals surface area contributed by atoms with Crippen molar-refractivity contribution < 1.29 is 15.0 Å². The zero-order chi connectivity index (χ0) is 12.4. The third-order valence-electron chi connectivity index (χ3n) is 2.55. The molecular formula is C9H13N5O3. The van der Waals surface area contributed by atoms with E-state index in [9.17, 15) is 15.0 Å². The van der Waals surface area contributed by atoms with Crippen LogP contribution in [-0.4, -0.2) is 56.3 Å². The monoisotopic (exact) mass is 239 g/mol. The number of likely N-dealkylation sites (tertiary alicyclic amines) is 1. The number of aliphatic hydroxyl groups excluding tert-OH is 2. The minimum absolute atomic E-state index is 0.0853. The summed E-state index contributed by atoms with van der Waals surface area (Å²) in [7, 11) is 0. The van der Waals surface area contributed by atoms with Gasteiger partial charge in [-0.1, -0.05) is 0 Å². The maximum atomic E-state index is 11.9. The Morgan fingerprint density at radius 2 is 2.06 bits per heavy atom. The summed E-state index contributed by atoms with van der Waals surface area (Å²) < 4.78 is 0. The summed E-state index contributed by atoms with van der Waals surface area (Å²) in [4.78, 5) is 21.0. The van der Waals surface area contributed by atoms with Crippen LogP contribution >= 0.6 is 0 Å². The van der Waals surface area contributed by atoms with Crippen LogP contribution in [0.5, 0.6) is 0 Å². The first-order chi connectivity index (χ1) is 8.11. The maximum Gasteiger partial charge on any atom is 0.274 e. The third-order valence-corrected chi connectivity index (χ3v) is 2.55. The van der Waals surface area contributed by atoms with Crippen LogP contribution < -0.4 is 11.3 Å². The van der Waals surface area contributed by atoms with Gasteiger partial charge in [0.15, 0.2) is 5.82 Å². The van der Waals surface area contributed by atoms with E-state index in [1.807, 2.05) is 0 Å². The number of hydrogen-bond donors (Lipinski definition) is 4. The van der Waals surface area contributed by atoms with Crippen molar-refractivity contribution in [1.29, 1.82) is 0 Å². The minimum atomic E-state index is -0.914. The Morgan fingerprint density at radius 3 is 2.65 bits per heavy atom. The van der Waals surface area contributed by atoms with Gasteiger partial charge in [0.25, 0.3) is 5.91 Å². The van der Waals surface area contributed by atoms with Gasteiger partial charge in [0.1, 0.15) is 5.69 Å². The van der Waals surface area contributed by atoms with E-state index in [4.69, 9.17) is 5.84 Å². The molecule has 2 atom stereocenters. The van der Waals surface area contributed by atoms with Gasteiger partial charge in [-0.3, -0.25) is 9.78 Å². The highest BCUT2D eigenvalue weighted by atomic mass is 16.3. The highest BCUT2D eigenvalue weighted by molar-refractivity contribution is 5.92. The number of nitrogen functional groups attached to an aromatic ring is 1. The van der Waals surface area contributed by atoms with E-state index >= 15 is 0 Å². The van der Waals surface area contributed by atoms with Crippen molar-refractivity contribution in [2.24, 2.45) is 5.84 Å². The fourth-order valence-electron chi connectivity index (χ4n) is 1.64. The first kappa shape index (κ1) is 11.7. The van der Waals surface area contributed by atoms with Crippen LogP contribution in [0, 0.1) is 0 Å². The second kappa shape index (κ2) is 4.62. The highest BCUT2D eigenvalue weighted by Crippen LogP contribution is 2.13. The Hall–Kier alpha value is -1.77. The van der Waals surface area contributed by atoms with Crippen LogP contribution in [0.4, 0.5) is 5.82 Å². The molecule has 1 aromatic heterocycles. The number of amides is 1. The molecule has 17 heavy (non-hydrogen) atoms. The number of hydrazine groups is 1. The van der Waals surface area contributed by atoms with E-state index in [2.05, 4.69) is 15.4 Å². The van der Waals surface area contributed by atoms with E-state index in [1.54, 1.807) is 0 Å². The highest BCUT2D eigenvalue weighted by Gasteiger charge is 2.33. The molecule has 0 saturated carbocycles. The predicted molar refractivity (Wildman–Crippen MR) is 57.8 cm³/mol. The van der Waals surface area contributed by atoms with Gasteiger partial charge in [0.05, 0.1) is 24.6 Å². The van der Waals surface area contributed by atoms with Crippen molar-refractivity contribution in [2.75, 3.05) is 18.5 Å². The molecule has 0 aromatic carbocycles. The van der Waals surface area contributed by atoms with Gasteiger partial charge in [0.2, 0.25) is 0 Å². The lowest BCUT2D eigenvalue weighted by atomic mass is 10.3. The Kier molecular flexibility index (Phi) is 3.18. The fourth-order valence-corrected chi connectivity index (χ4v) is 1.64. The van der Waals surface area contributed by atoms with Crippen LogP contribution in [0.15, 0.2) is 12.4 Å². The van der Waals surface area contributed by atoms with Crippen LogP contribution in [0.3, 0.4) is 0 Å². The summed E-state index contributed by atoms with van der Waals surface area (Å²) in [5, 5.41) is 18.7. The number of nitrogens with zero attached hydrogens (tertiary/aromatic N) is 3. The van der Waals surface area contributed by atoms with Crippen molar-refractivity contribution in [3.8, 4) is 0 Å². The molecule has 2 heterocycles. The van der Waals surface area contributed by atoms with Gasteiger partial charge < -0.3 is 20.5 Å². The molecule has 1 fully saturated rings. The first-order valence-electron chi connectivity index (χ1n) is 5.06. The van der Waals surface area contributed by atoms with Crippen molar-refractivity contribution in [3.63, 3.8) is 0 Å². The Balaban J connectivity index is 2.14. The van der Waals surface area contributed by atoms with Gasteiger partial charge in [-0.2, -0.15) is 0 Å². The molecule has 2 rings (SSSR count). The lowest BCUT2D eigenvalue weighted by molar-refractivity contribution is 0.0572. The summed E-state index contributed by atoms with van der Waals surface area (Å²) in [5.41, 5.74) is 2.40. The number of carbonyl (C=O) groups excluding carboxylic acids is 1. The standard InChI is InChI=1S/C9H13N5O3/c10-13-8-2-11-1-5(12-8)9(17)14-3-6(15)7(16)4-14/h1-2,6-7,15-16H,3-4,10H2,(H,12,13). The fraction of sp³-hybridized carbons (Fsp3) is 0.444. The normalized spacial score (nSPS) is 23.8. The van der Waals surface area contributed by atoms with Crippen molar-refractivity contribution in [1.82, 2.24) is 14.9 Å². The zero-order valence-corrected chi connectivity index (χ0v) is 8.95. The van der Waals surface area contributed by atoms with Crippen molar-refractivity contribution in [3.05, 3.63) is 18.1 Å². The second-order valence-corrected chi connectivity index (χ2v) is 3.78. The second-order valence-electron chi connectivity index (χ2n) is 3.78. The van der Waals surface area contributed by atoms with E-state index in [-0.39, 0.29) is 24.6 Å². The van der Waals surface area contributed by atoms with Gasteiger partial charge >= 0.3 is 0 Å². The topological polar surface area (TPSA) is 125 Å². The Bertz CT molecular complexity index is 417. The molecule has 1 amide bonds. The molecular weight excluding hydrogens is 226 g/mol. The average Bonchev–Trinajstić information content (AvgIpc) is 2.69. The molecule has 0 aliphatic carbocycles. The summed E-state index contributed by atoms with van der Waals surface area (Å²) >= 11 is 0. The number of β-amino-alcohol motifs (C(OH)–C–C–N with tert-alkyl or cyclic N) is 2. The van der Waals surface area contributed by atoms with Crippen molar-refractivity contribution >= 4 is 11.7 Å². The zero-order valence-electron chi connectivity index (χ0n) is 8.95. The van der Waals surface area contributed by atoms with Crippen LogP contribution in [-0.2, 0) is 0 Å². The summed E-state index contributed by atoms with van der Waals surface area (Å²) in [6, 6.07) is 0. The molecule has 2 unspecified atom stereocenters. The number of hydrogen-bond acceptors (Lipinski definition) is 7. The summed E-state index contributed by atoms with van der Waals surface area (Å²) in [5.74, 6) is 5.04. The molecule has 5 N–H and O–H groups in total. The van der Waals surface area contributed by atoms with Gasteiger partial charge in [-0.25, -0.2) is 10.8 Å². The van der Waals surface area contributed by atoms with E-state index < -0.39 is 18.1 Å². The Morgan fingerprint density at radius 1 is 1.41 bits per heavy atom. The number of aliphatic hydroxyl groups is 2. The molecule has 92 valence electrons. The minimum Gasteiger partial charge on any atom is -0.388 e. The van der Waals surface area contributed by atoms with Gasteiger partial charge in [0, 0.05) is 13.1 Å². The quantitative estimate of drug-likeness (QED) is 0.345. The maximum absolute atomic E-state index is 11.9. The molecule has 1 aliphatic heterocycles.